The van der Waals surface area contributed by atoms with Gasteiger partial charge in [0.05, 0.1) is 11.7 Å². The third-order valence-electron chi connectivity index (χ3n) is 8.60. The highest BCUT2D eigenvalue weighted by Gasteiger charge is 2.58. The summed E-state index contributed by atoms with van der Waals surface area (Å²) in [6.45, 7) is 3.59. The number of fused-ring (bicyclic) bond motifs is 1. The van der Waals surface area contributed by atoms with E-state index < -0.39 is 29.7 Å². The first-order valence-corrected chi connectivity index (χ1v) is 13.7. The molecule has 1 aliphatic heterocycles. The number of nitrogens with one attached hydrogen (secondary N) is 2. The topological polar surface area (TPSA) is 84.9 Å². The molecule has 0 bridgehead atoms. The molecule has 2 aromatic carbocycles. The fourth-order valence-electron chi connectivity index (χ4n) is 6.49. The van der Waals surface area contributed by atoms with Crippen LogP contribution in [0.1, 0.15) is 50.2 Å². The first-order chi connectivity index (χ1) is 18.9. The van der Waals surface area contributed by atoms with E-state index in [0.29, 0.717) is 57.1 Å². The molecule has 40 heavy (non-hydrogen) atoms. The Balaban J connectivity index is 1.31. The van der Waals surface area contributed by atoms with Gasteiger partial charge >= 0.3 is 12.2 Å². The van der Waals surface area contributed by atoms with Crippen LogP contribution < -0.4 is 10.6 Å². The number of hydrogen-bond donors (Lipinski definition) is 3. The number of β-amino-alcohol motifs (C(OH)–C–C–N with tert-alkyl or cyclic N) is 1. The highest BCUT2D eigenvalue weighted by molar-refractivity contribution is 5.90. The Morgan fingerprint density at radius 2 is 1.90 bits per heavy atom. The van der Waals surface area contributed by atoms with Gasteiger partial charge in [-0.2, -0.15) is 13.2 Å². The lowest BCUT2D eigenvalue weighted by atomic mass is 9.80. The lowest BCUT2D eigenvalue weighted by Crippen LogP contribution is -2.48. The van der Waals surface area contributed by atoms with Gasteiger partial charge in [0.2, 0.25) is 5.91 Å². The number of alkyl halides is 3. The first-order valence-electron chi connectivity index (χ1n) is 13.7. The van der Waals surface area contributed by atoms with Crippen LogP contribution in [0.25, 0.3) is 0 Å². The monoisotopic (exact) mass is 562 g/mol. The van der Waals surface area contributed by atoms with Crippen LogP contribution in [0, 0.1) is 11.7 Å². The SMILES string of the molecule is CC(=O)Nc1cccc(C23CC[C@@H](N(CCN4CC[C@@H](O)C4)C(=O)Nc4ccc(F)c(C(F)(F)F)c4)CC2C3)c1. The van der Waals surface area contributed by atoms with Crippen molar-refractivity contribution in [1.82, 2.24) is 9.80 Å². The number of carbonyl (C=O) groups is 2. The molecule has 2 saturated carbocycles. The van der Waals surface area contributed by atoms with Gasteiger partial charge in [0.1, 0.15) is 5.82 Å². The molecule has 216 valence electrons. The molecule has 5 rings (SSSR count). The Morgan fingerprint density at radius 3 is 2.58 bits per heavy atom. The van der Waals surface area contributed by atoms with E-state index in [-0.39, 0.29) is 23.1 Å². The molecule has 3 N–H and O–H groups in total. The number of likely N-dealkylation sites (tertiary alicyclic amines) is 1. The fraction of sp³-hybridized carbons (Fsp3) is 0.517. The number of nitrogens with zero attached hydrogens (tertiary/aromatic N) is 2. The second-order valence-electron chi connectivity index (χ2n) is 11.3. The number of hydrogen-bond acceptors (Lipinski definition) is 4. The van der Waals surface area contributed by atoms with Crippen molar-refractivity contribution in [3.8, 4) is 0 Å². The zero-order valence-corrected chi connectivity index (χ0v) is 22.3. The van der Waals surface area contributed by atoms with Crippen LogP contribution in [0.5, 0.6) is 0 Å². The number of urea groups is 1. The average Bonchev–Trinajstić information content (AvgIpc) is 3.49. The smallest absolute Gasteiger partial charge is 0.392 e. The molecule has 4 atom stereocenters. The van der Waals surface area contributed by atoms with Crippen LogP contribution >= 0.6 is 0 Å². The number of rotatable bonds is 7. The van der Waals surface area contributed by atoms with E-state index in [9.17, 15) is 32.3 Å². The van der Waals surface area contributed by atoms with Gasteiger partial charge in [0.25, 0.3) is 0 Å². The van der Waals surface area contributed by atoms with Gasteiger partial charge in [-0.05, 0) is 79.3 Å². The van der Waals surface area contributed by atoms with Gasteiger partial charge in [0, 0.05) is 50.5 Å². The molecule has 3 fully saturated rings. The molecular formula is C29H34F4N4O3. The number of amides is 3. The van der Waals surface area contributed by atoms with Crippen LogP contribution in [0.4, 0.5) is 33.7 Å². The Bertz CT molecular complexity index is 1270. The van der Waals surface area contributed by atoms with Gasteiger partial charge in [-0.3, -0.25) is 9.69 Å². The van der Waals surface area contributed by atoms with Crippen molar-refractivity contribution in [3.05, 3.63) is 59.4 Å². The highest BCUT2D eigenvalue weighted by Crippen LogP contribution is 2.63. The largest absolute Gasteiger partial charge is 0.419 e. The van der Waals surface area contributed by atoms with Crippen molar-refractivity contribution < 1.29 is 32.3 Å². The van der Waals surface area contributed by atoms with Crippen LogP contribution in [-0.4, -0.2) is 65.2 Å². The molecule has 2 aliphatic carbocycles. The normalized spacial score (nSPS) is 26.2. The van der Waals surface area contributed by atoms with Gasteiger partial charge in [0.15, 0.2) is 0 Å². The minimum atomic E-state index is -4.88. The number of benzene rings is 2. The molecular weight excluding hydrogens is 528 g/mol. The van der Waals surface area contributed by atoms with Gasteiger partial charge in [-0.25, -0.2) is 9.18 Å². The van der Waals surface area contributed by atoms with Crippen LogP contribution in [0.3, 0.4) is 0 Å². The number of carbonyl (C=O) groups excluding carboxylic acids is 2. The van der Waals surface area contributed by atoms with Crippen molar-refractivity contribution in [2.75, 3.05) is 36.8 Å². The minimum absolute atomic E-state index is 0.00917. The minimum Gasteiger partial charge on any atom is -0.392 e. The predicted molar refractivity (Wildman–Crippen MR) is 142 cm³/mol. The predicted octanol–water partition coefficient (Wildman–Crippen LogP) is 5.21. The molecule has 2 aromatic rings. The Kier molecular flexibility index (Phi) is 7.80. The number of halogens is 4. The number of aliphatic hydroxyl groups excluding tert-OH is 1. The summed E-state index contributed by atoms with van der Waals surface area (Å²) in [5, 5.41) is 15.3. The van der Waals surface area contributed by atoms with E-state index in [4.69, 9.17) is 0 Å². The maximum Gasteiger partial charge on any atom is 0.419 e. The van der Waals surface area contributed by atoms with E-state index in [1.807, 2.05) is 18.2 Å². The van der Waals surface area contributed by atoms with Gasteiger partial charge in [-0.1, -0.05) is 12.1 Å². The van der Waals surface area contributed by atoms with Gasteiger partial charge in [-0.15, -0.1) is 0 Å². The zero-order chi connectivity index (χ0) is 28.7. The average molecular weight is 563 g/mol. The van der Waals surface area contributed by atoms with Crippen LogP contribution in [-0.2, 0) is 16.4 Å². The standard InChI is InChI=1S/C29H34F4N4O3/c1-18(38)34-21-4-2-3-19(13-21)28-9-7-23(14-20(28)16-28)37(12-11-36-10-8-24(39)17-36)27(40)35-22-5-6-26(30)25(15-22)29(31,32)33/h2-6,13,15,20,23-24,39H,7-12,14,16-17H2,1H3,(H,34,38)(H,35,40)/t20?,23-,24-,28?/m1/s1. The summed E-state index contributed by atoms with van der Waals surface area (Å²) in [6.07, 6.45) is -1.35. The molecule has 2 unspecified atom stereocenters. The molecule has 7 nitrogen and oxygen atoms in total. The lowest BCUT2D eigenvalue weighted by molar-refractivity contribution is -0.139. The maximum atomic E-state index is 13.8. The van der Waals surface area contributed by atoms with Crippen LogP contribution in [0.2, 0.25) is 0 Å². The van der Waals surface area contributed by atoms with Crippen molar-refractivity contribution in [2.24, 2.45) is 5.92 Å². The van der Waals surface area contributed by atoms with E-state index in [1.165, 1.54) is 6.92 Å². The summed E-state index contributed by atoms with van der Waals surface area (Å²) in [6, 6.07) is 9.69. The van der Waals surface area contributed by atoms with Crippen LogP contribution in [0.15, 0.2) is 42.5 Å². The molecule has 0 aromatic heterocycles. The summed E-state index contributed by atoms with van der Waals surface area (Å²) in [5.74, 6) is -1.19. The van der Waals surface area contributed by atoms with E-state index in [2.05, 4.69) is 21.6 Å². The molecule has 1 heterocycles. The number of aliphatic hydroxyl groups is 1. The fourth-order valence-corrected chi connectivity index (χ4v) is 6.49. The Morgan fingerprint density at radius 1 is 1.12 bits per heavy atom. The molecule has 3 amide bonds. The second-order valence-corrected chi connectivity index (χ2v) is 11.3. The van der Waals surface area contributed by atoms with Crippen molar-refractivity contribution in [2.45, 2.75) is 62.8 Å². The zero-order valence-electron chi connectivity index (χ0n) is 22.3. The highest BCUT2D eigenvalue weighted by atomic mass is 19.4. The van der Waals surface area contributed by atoms with E-state index in [1.54, 1.807) is 4.90 Å². The molecule has 11 heteroatoms. The van der Waals surface area contributed by atoms with Gasteiger partial charge < -0.3 is 20.6 Å². The third kappa shape index (κ3) is 6.10. The molecule has 0 radical (unpaired) electrons. The summed E-state index contributed by atoms with van der Waals surface area (Å²) in [5.41, 5.74) is 0.357. The summed E-state index contributed by atoms with van der Waals surface area (Å²) < 4.78 is 53.5. The van der Waals surface area contributed by atoms with Crippen molar-refractivity contribution in [3.63, 3.8) is 0 Å². The summed E-state index contributed by atoms with van der Waals surface area (Å²) in [7, 11) is 0. The van der Waals surface area contributed by atoms with Crippen molar-refractivity contribution >= 4 is 23.3 Å². The Labute approximate surface area is 230 Å². The maximum absolute atomic E-state index is 13.8. The van der Waals surface area contributed by atoms with E-state index in [0.717, 1.165) is 36.6 Å². The summed E-state index contributed by atoms with van der Waals surface area (Å²) in [4.78, 5) is 28.8. The number of anilines is 2. The molecule has 1 saturated heterocycles. The third-order valence-corrected chi connectivity index (χ3v) is 8.60. The van der Waals surface area contributed by atoms with Crippen molar-refractivity contribution in [1.29, 1.82) is 0 Å². The van der Waals surface area contributed by atoms with E-state index >= 15 is 0 Å². The quantitative estimate of drug-likeness (QED) is 0.405. The Hall–Kier alpha value is -3.18. The first kappa shape index (κ1) is 28.4. The molecule has 3 aliphatic rings. The molecule has 0 spiro atoms. The summed E-state index contributed by atoms with van der Waals surface area (Å²) >= 11 is 0. The lowest BCUT2D eigenvalue weighted by Gasteiger charge is -2.37. The second kappa shape index (κ2) is 11.0.